The van der Waals surface area contributed by atoms with Gasteiger partial charge in [0.25, 0.3) is 0 Å². The molecule has 0 spiro atoms. The summed E-state index contributed by atoms with van der Waals surface area (Å²) in [6.45, 7) is 8.34. The van der Waals surface area contributed by atoms with E-state index in [1.807, 2.05) is 18.2 Å². The molecule has 0 saturated carbocycles. The third-order valence-electron chi connectivity index (χ3n) is 4.73. The SMILES string of the molecule is C=CCC(CC)(CC)c1ccc(Oc2ccc(C(N)=O)cc2)cc1. The summed E-state index contributed by atoms with van der Waals surface area (Å²) in [5.41, 5.74) is 7.16. The van der Waals surface area contributed by atoms with Crippen LogP contribution in [0.4, 0.5) is 0 Å². The topological polar surface area (TPSA) is 52.3 Å². The van der Waals surface area contributed by atoms with Gasteiger partial charge < -0.3 is 10.5 Å². The molecule has 1 amide bonds. The number of carbonyl (C=O) groups excluding carboxylic acids is 1. The Morgan fingerprint density at radius 1 is 1.04 bits per heavy atom. The first-order valence-corrected chi connectivity index (χ1v) is 8.34. The van der Waals surface area contributed by atoms with Crippen molar-refractivity contribution in [1.82, 2.24) is 0 Å². The number of nitrogens with two attached hydrogens (primary N) is 1. The molecule has 0 radical (unpaired) electrons. The van der Waals surface area contributed by atoms with Crippen molar-refractivity contribution in [2.75, 3.05) is 0 Å². The Labute approximate surface area is 144 Å². The van der Waals surface area contributed by atoms with Crippen molar-refractivity contribution >= 4 is 5.91 Å². The van der Waals surface area contributed by atoms with Gasteiger partial charge in [0.05, 0.1) is 0 Å². The minimum absolute atomic E-state index is 0.142. The number of allylic oxidation sites excluding steroid dienone is 1. The maximum atomic E-state index is 11.1. The van der Waals surface area contributed by atoms with E-state index >= 15 is 0 Å². The summed E-state index contributed by atoms with van der Waals surface area (Å²) in [4.78, 5) is 11.1. The Morgan fingerprint density at radius 3 is 1.96 bits per heavy atom. The monoisotopic (exact) mass is 323 g/mol. The first-order valence-electron chi connectivity index (χ1n) is 8.34. The minimum atomic E-state index is -0.441. The number of hydrogen-bond donors (Lipinski definition) is 1. The molecule has 3 heteroatoms. The number of amides is 1. The lowest BCUT2D eigenvalue weighted by Crippen LogP contribution is -2.23. The summed E-state index contributed by atoms with van der Waals surface area (Å²) in [6.07, 6.45) is 5.11. The number of benzene rings is 2. The van der Waals surface area contributed by atoms with Crippen molar-refractivity contribution in [2.45, 2.75) is 38.5 Å². The fraction of sp³-hybridized carbons (Fsp3) is 0.286. The van der Waals surface area contributed by atoms with Crippen molar-refractivity contribution in [3.8, 4) is 11.5 Å². The fourth-order valence-electron chi connectivity index (χ4n) is 3.04. The van der Waals surface area contributed by atoms with Crippen molar-refractivity contribution in [3.63, 3.8) is 0 Å². The smallest absolute Gasteiger partial charge is 0.248 e. The summed E-state index contributed by atoms with van der Waals surface area (Å²) < 4.78 is 5.84. The largest absolute Gasteiger partial charge is 0.457 e. The summed E-state index contributed by atoms with van der Waals surface area (Å²) in [5.74, 6) is 1.00. The van der Waals surface area contributed by atoms with Crippen molar-refractivity contribution in [2.24, 2.45) is 5.73 Å². The van der Waals surface area contributed by atoms with Crippen LogP contribution in [0.5, 0.6) is 11.5 Å². The third-order valence-corrected chi connectivity index (χ3v) is 4.73. The average Bonchev–Trinajstić information content (AvgIpc) is 2.61. The van der Waals surface area contributed by atoms with Crippen LogP contribution >= 0.6 is 0 Å². The normalized spacial score (nSPS) is 11.1. The number of hydrogen-bond acceptors (Lipinski definition) is 2. The molecule has 0 saturated heterocycles. The standard InChI is InChI=1S/C21H25NO2/c1-4-15-21(5-2,6-3)17-9-13-19(14-10-17)24-18-11-7-16(8-12-18)20(22)23/h4,7-14H,1,5-6,15H2,2-3H3,(H2,22,23). The predicted octanol–water partition coefficient (Wildman–Crippen LogP) is 5.21. The van der Waals surface area contributed by atoms with Crippen molar-refractivity contribution in [1.29, 1.82) is 0 Å². The summed E-state index contributed by atoms with van der Waals surface area (Å²) in [7, 11) is 0. The van der Waals surface area contributed by atoms with E-state index in [-0.39, 0.29) is 5.41 Å². The van der Waals surface area contributed by atoms with Crippen LogP contribution in [0.25, 0.3) is 0 Å². The molecular weight excluding hydrogens is 298 g/mol. The molecule has 0 unspecified atom stereocenters. The molecular formula is C21H25NO2. The molecule has 126 valence electrons. The molecule has 0 aromatic heterocycles. The lowest BCUT2D eigenvalue weighted by Gasteiger charge is -2.31. The van der Waals surface area contributed by atoms with E-state index in [0.29, 0.717) is 11.3 Å². The van der Waals surface area contributed by atoms with Gasteiger partial charge in [-0.1, -0.05) is 32.1 Å². The summed E-state index contributed by atoms with van der Waals surface area (Å²) >= 11 is 0. The van der Waals surface area contributed by atoms with Gasteiger partial charge in [0.15, 0.2) is 0 Å². The van der Waals surface area contributed by atoms with E-state index in [1.165, 1.54) is 5.56 Å². The number of carbonyl (C=O) groups is 1. The zero-order valence-electron chi connectivity index (χ0n) is 14.4. The minimum Gasteiger partial charge on any atom is -0.457 e. The molecule has 0 heterocycles. The van der Waals surface area contributed by atoms with E-state index < -0.39 is 5.91 Å². The third kappa shape index (κ3) is 3.85. The van der Waals surface area contributed by atoms with Crippen molar-refractivity contribution in [3.05, 3.63) is 72.3 Å². The molecule has 2 aromatic carbocycles. The molecule has 0 bridgehead atoms. The number of primary amides is 1. The second-order valence-corrected chi connectivity index (χ2v) is 6.00. The summed E-state index contributed by atoms with van der Waals surface area (Å²) in [6, 6.07) is 15.0. The van der Waals surface area contributed by atoms with E-state index in [9.17, 15) is 4.79 Å². The second kappa shape index (κ2) is 7.82. The molecule has 0 atom stereocenters. The first-order chi connectivity index (χ1) is 11.5. The summed E-state index contributed by atoms with van der Waals surface area (Å²) in [5, 5.41) is 0. The van der Waals surface area contributed by atoms with Crippen LogP contribution in [0.3, 0.4) is 0 Å². The molecule has 24 heavy (non-hydrogen) atoms. The first kappa shape index (κ1) is 17.8. The molecule has 2 aromatic rings. The van der Waals surface area contributed by atoms with Crippen LogP contribution in [0.1, 0.15) is 49.0 Å². The quantitative estimate of drug-likeness (QED) is 0.678. The Kier molecular flexibility index (Phi) is 5.80. The zero-order chi connectivity index (χ0) is 17.6. The Balaban J connectivity index is 2.16. The number of rotatable bonds is 8. The highest BCUT2D eigenvalue weighted by Gasteiger charge is 2.26. The molecule has 2 rings (SSSR count). The van der Waals surface area contributed by atoms with Crippen LogP contribution in [0, 0.1) is 0 Å². The van der Waals surface area contributed by atoms with E-state index in [4.69, 9.17) is 10.5 Å². The van der Waals surface area contributed by atoms with E-state index in [2.05, 4.69) is 32.6 Å². The van der Waals surface area contributed by atoms with Gasteiger partial charge in [-0.15, -0.1) is 6.58 Å². The molecule has 0 fully saturated rings. The highest BCUT2D eigenvalue weighted by molar-refractivity contribution is 5.92. The van der Waals surface area contributed by atoms with Gasteiger partial charge in [-0.25, -0.2) is 0 Å². The lowest BCUT2D eigenvalue weighted by molar-refractivity contribution is 0.100. The Hall–Kier alpha value is -2.55. The van der Waals surface area contributed by atoms with Gasteiger partial charge in [0.1, 0.15) is 11.5 Å². The molecule has 0 aliphatic rings. The number of ether oxygens (including phenoxy) is 1. The lowest BCUT2D eigenvalue weighted by atomic mass is 9.73. The predicted molar refractivity (Wildman–Crippen MR) is 98.5 cm³/mol. The van der Waals surface area contributed by atoms with Gasteiger partial charge in [-0.3, -0.25) is 4.79 Å². The average molecular weight is 323 g/mol. The van der Waals surface area contributed by atoms with Crippen LogP contribution in [0.15, 0.2) is 61.2 Å². The highest BCUT2D eigenvalue weighted by Crippen LogP contribution is 2.36. The van der Waals surface area contributed by atoms with Crippen LogP contribution in [-0.4, -0.2) is 5.91 Å². The van der Waals surface area contributed by atoms with Gasteiger partial charge >= 0.3 is 0 Å². The van der Waals surface area contributed by atoms with Gasteiger partial charge in [-0.2, -0.15) is 0 Å². The Bertz CT molecular complexity index is 683. The van der Waals surface area contributed by atoms with E-state index in [0.717, 1.165) is 25.0 Å². The van der Waals surface area contributed by atoms with Gasteiger partial charge in [0, 0.05) is 5.56 Å². The molecule has 2 N–H and O–H groups in total. The van der Waals surface area contributed by atoms with Gasteiger partial charge in [0.2, 0.25) is 5.91 Å². The Morgan fingerprint density at radius 2 is 1.54 bits per heavy atom. The zero-order valence-corrected chi connectivity index (χ0v) is 14.4. The highest BCUT2D eigenvalue weighted by atomic mass is 16.5. The second-order valence-electron chi connectivity index (χ2n) is 6.00. The molecule has 3 nitrogen and oxygen atoms in total. The maximum absolute atomic E-state index is 11.1. The van der Waals surface area contributed by atoms with Crippen LogP contribution < -0.4 is 10.5 Å². The van der Waals surface area contributed by atoms with Crippen LogP contribution in [0.2, 0.25) is 0 Å². The van der Waals surface area contributed by atoms with E-state index in [1.54, 1.807) is 24.3 Å². The van der Waals surface area contributed by atoms with Crippen LogP contribution in [-0.2, 0) is 5.41 Å². The molecule has 0 aliphatic carbocycles. The molecule has 0 aliphatic heterocycles. The van der Waals surface area contributed by atoms with Crippen molar-refractivity contribution < 1.29 is 9.53 Å². The fourth-order valence-corrected chi connectivity index (χ4v) is 3.04. The van der Waals surface area contributed by atoms with Gasteiger partial charge in [-0.05, 0) is 66.6 Å². The maximum Gasteiger partial charge on any atom is 0.248 e.